The number of aromatic amines is 1. The van der Waals surface area contributed by atoms with Crippen LogP contribution in [0.5, 0.6) is 0 Å². The van der Waals surface area contributed by atoms with Crippen molar-refractivity contribution in [3.05, 3.63) is 65.1 Å². The van der Waals surface area contributed by atoms with E-state index < -0.39 is 0 Å². The Balaban J connectivity index is 1.84. The molecule has 3 rings (SSSR count). The van der Waals surface area contributed by atoms with E-state index >= 15 is 0 Å². The highest BCUT2D eigenvalue weighted by atomic mass is 35.5. The van der Waals surface area contributed by atoms with Gasteiger partial charge in [-0.3, -0.25) is 0 Å². The summed E-state index contributed by atoms with van der Waals surface area (Å²) in [6.07, 6.45) is 1.90. The fraction of sp³-hybridized carbons (Fsp3) is 0.0667. The highest BCUT2D eigenvalue weighted by Gasteiger charge is 2.05. The maximum atomic E-state index is 13.7. The summed E-state index contributed by atoms with van der Waals surface area (Å²) in [6, 6.07) is 12.7. The molecular weight excluding hydrogens is 263 g/mol. The van der Waals surface area contributed by atoms with Gasteiger partial charge in [0.15, 0.2) is 0 Å². The molecule has 0 spiro atoms. The van der Waals surface area contributed by atoms with Crippen molar-refractivity contribution in [2.75, 3.05) is 5.32 Å². The normalized spacial score (nSPS) is 10.8. The Bertz CT molecular complexity index is 721. The van der Waals surface area contributed by atoms with Crippen molar-refractivity contribution in [3.8, 4) is 0 Å². The van der Waals surface area contributed by atoms with Crippen LogP contribution in [0.4, 0.5) is 10.1 Å². The summed E-state index contributed by atoms with van der Waals surface area (Å²) in [7, 11) is 0. The van der Waals surface area contributed by atoms with Crippen LogP contribution < -0.4 is 5.32 Å². The second kappa shape index (κ2) is 4.94. The summed E-state index contributed by atoms with van der Waals surface area (Å²) in [5, 5.41) is 4.63. The highest BCUT2D eigenvalue weighted by molar-refractivity contribution is 6.30. The van der Waals surface area contributed by atoms with E-state index in [1.807, 2.05) is 30.5 Å². The zero-order chi connectivity index (χ0) is 13.2. The number of rotatable bonds is 3. The topological polar surface area (TPSA) is 27.8 Å². The summed E-state index contributed by atoms with van der Waals surface area (Å²) in [5.41, 5.74) is 2.62. The number of aromatic nitrogens is 1. The molecule has 2 N–H and O–H groups in total. The second-order valence-corrected chi connectivity index (χ2v) is 4.77. The van der Waals surface area contributed by atoms with E-state index in [9.17, 15) is 4.39 Å². The molecule has 3 aromatic rings. The summed E-state index contributed by atoms with van der Waals surface area (Å²) in [5.74, 6) is -0.342. The summed E-state index contributed by atoms with van der Waals surface area (Å²) in [6.45, 7) is 0.552. The van der Waals surface area contributed by atoms with E-state index in [0.29, 0.717) is 17.3 Å². The van der Waals surface area contributed by atoms with Gasteiger partial charge in [-0.1, -0.05) is 29.8 Å². The van der Waals surface area contributed by atoms with Crippen molar-refractivity contribution in [3.63, 3.8) is 0 Å². The largest absolute Gasteiger partial charge is 0.379 e. The Morgan fingerprint density at radius 3 is 2.89 bits per heavy atom. The molecule has 1 aromatic heterocycles. The molecule has 0 bridgehead atoms. The first kappa shape index (κ1) is 12.1. The number of para-hydroxylation sites is 1. The van der Waals surface area contributed by atoms with Crippen molar-refractivity contribution in [2.24, 2.45) is 0 Å². The number of H-pyrrole nitrogens is 1. The lowest BCUT2D eigenvalue weighted by atomic mass is 10.1. The van der Waals surface area contributed by atoms with Crippen LogP contribution in [0, 0.1) is 5.82 Å². The SMILES string of the molecule is Fc1cc(Cl)ccc1NCc1cccc2cc[nH]c12. The summed E-state index contributed by atoms with van der Waals surface area (Å²) >= 11 is 5.72. The minimum Gasteiger partial charge on any atom is -0.379 e. The van der Waals surface area contributed by atoms with E-state index in [2.05, 4.69) is 10.3 Å². The molecule has 2 aromatic carbocycles. The first-order valence-corrected chi connectivity index (χ1v) is 6.36. The minimum absolute atomic E-state index is 0.342. The van der Waals surface area contributed by atoms with E-state index in [1.54, 1.807) is 12.1 Å². The average molecular weight is 275 g/mol. The van der Waals surface area contributed by atoms with Crippen molar-refractivity contribution >= 4 is 28.2 Å². The Morgan fingerprint density at radius 2 is 2.05 bits per heavy atom. The Kier molecular flexibility index (Phi) is 3.13. The molecule has 0 aliphatic rings. The zero-order valence-electron chi connectivity index (χ0n) is 10.1. The van der Waals surface area contributed by atoms with Crippen LogP contribution >= 0.6 is 11.6 Å². The third-order valence-electron chi connectivity index (χ3n) is 3.07. The van der Waals surface area contributed by atoms with Gasteiger partial charge in [0.1, 0.15) is 5.82 Å². The molecule has 0 aliphatic carbocycles. The monoisotopic (exact) mass is 274 g/mol. The first-order chi connectivity index (χ1) is 9.24. The fourth-order valence-electron chi connectivity index (χ4n) is 2.12. The maximum absolute atomic E-state index is 13.7. The van der Waals surface area contributed by atoms with Gasteiger partial charge >= 0.3 is 0 Å². The lowest BCUT2D eigenvalue weighted by Crippen LogP contribution is -2.02. The van der Waals surface area contributed by atoms with Gasteiger partial charge in [0.2, 0.25) is 0 Å². The van der Waals surface area contributed by atoms with Crippen molar-refractivity contribution in [2.45, 2.75) is 6.54 Å². The molecule has 0 unspecified atom stereocenters. The molecule has 0 atom stereocenters. The van der Waals surface area contributed by atoms with Crippen LogP contribution in [0.1, 0.15) is 5.56 Å². The summed E-state index contributed by atoms with van der Waals surface area (Å²) < 4.78 is 13.7. The number of halogens is 2. The number of hydrogen-bond donors (Lipinski definition) is 2. The standard InChI is InChI=1S/C15H12ClFN2/c16-12-4-5-14(13(17)8-12)19-9-11-3-1-2-10-6-7-18-15(10)11/h1-8,18-19H,9H2. The van der Waals surface area contributed by atoms with Crippen LogP contribution in [0.3, 0.4) is 0 Å². The molecule has 2 nitrogen and oxygen atoms in total. The third kappa shape index (κ3) is 2.42. The molecule has 0 radical (unpaired) electrons. The molecular formula is C15H12ClFN2. The molecule has 4 heteroatoms. The van der Waals surface area contributed by atoms with E-state index in [-0.39, 0.29) is 5.82 Å². The Labute approximate surface area is 115 Å². The third-order valence-corrected chi connectivity index (χ3v) is 3.31. The lowest BCUT2D eigenvalue weighted by molar-refractivity contribution is 0.630. The van der Waals surface area contributed by atoms with Crippen molar-refractivity contribution < 1.29 is 4.39 Å². The lowest BCUT2D eigenvalue weighted by Gasteiger charge is -2.09. The van der Waals surface area contributed by atoms with Gasteiger partial charge in [-0.05, 0) is 35.2 Å². The minimum atomic E-state index is -0.342. The van der Waals surface area contributed by atoms with Crippen molar-refractivity contribution in [1.29, 1.82) is 0 Å². The predicted octanol–water partition coefficient (Wildman–Crippen LogP) is 4.57. The zero-order valence-corrected chi connectivity index (χ0v) is 10.8. The highest BCUT2D eigenvalue weighted by Crippen LogP contribution is 2.21. The maximum Gasteiger partial charge on any atom is 0.147 e. The van der Waals surface area contributed by atoms with Crippen LogP contribution in [0.2, 0.25) is 5.02 Å². The molecule has 0 aliphatic heterocycles. The van der Waals surface area contributed by atoms with Gasteiger partial charge < -0.3 is 10.3 Å². The van der Waals surface area contributed by atoms with Gasteiger partial charge in [0.05, 0.1) is 11.2 Å². The summed E-state index contributed by atoms with van der Waals surface area (Å²) in [4.78, 5) is 3.19. The van der Waals surface area contributed by atoms with E-state index in [0.717, 1.165) is 16.5 Å². The first-order valence-electron chi connectivity index (χ1n) is 5.98. The molecule has 0 fully saturated rings. The number of anilines is 1. The fourth-order valence-corrected chi connectivity index (χ4v) is 2.28. The van der Waals surface area contributed by atoms with E-state index in [1.165, 1.54) is 6.07 Å². The Morgan fingerprint density at radius 1 is 1.16 bits per heavy atom. The van der Waals surface area contributed by atoms with Crippen LogP contribution in [0.25, 0.3) is 10.9 Å². The van der Waals surface area contributed by atoms with Gasteiger partial charge in [-0.2, -0.15) is 0 Å². The predicted molar refractivity (Wildman–Crippen MR) is 77.0 cm³/mol. The van der Waals surface area contributed by atoms with Crippen LogP contribution in [-0.2, 0) is 6.54 Å². The van der Waals surface area contributed by atoms with Gasteiger partial charge in [0.25, 0.3) is 0 Å². The smallest absolute Gasteiger partial charge is 0.147 e. The number of nitrogens with one attached hydrogen (secondary N) is 2. The quantitative estimate of drug-likeness (QED) is 0.719. The van der Waals surface area contributed by atoms with Crippen LogP contribution in [-0.4, -0.2) is 4.98 Å². The number of fused-ring (bicyclic) bond motifs is 1. The molecule has 0 saturated carbocycles. The molecule has 96 valence electrons. The van der Waals surface area contributed by atoms with Crippen LogP contribution in [0.15, 0.2) is 48.7 Å². The van der Waals surface area contributed by atoms with Gasteiger partial charge in [0, 0.05) is 17.8 Å². The average Bonchev–Trinajstić information content (AvgIpc) is 2.86. The molecule has 0 saturated heterocycles. The molecule has 19 heavy (non-hydrogen) atoms. The number of benzene rings is 2. The van der Waals surface area contributed by atoms with E-state index in [4.69, 9.17) is 11.6 Å². The Hall–Kier alpha value is -2.00. The van der Waals surface area contributed by atoms with Gasteiger partial charge in [-0.25, -0.2) is 4.39 Å². The molecule has 0 amide bonds. The molecule has 1 heterocycles. The number of hydrogen-bond acceptors (Lipinski definition) is 1. The van der Waals surface area contributed by atoms with Crippen molar-refractivity contribution in [1.82, 2.24) is 4.98 Å². The second-order valence-electron chi connectivity index (χ2n) is 4.34. The van der Waals surface area contributed by atoms with Gasteiger partial charge in [-0.15, -0.1) is 0 Å².